The summed E-state index contributed by atoms with van der Waals surface area (Å²) in [7, 11) is 0. The predicted molar refractivity (Wildman–Crippen MR) is 49.0 cm³/mol. The number of amides is 1. The number of hydrogen-bond donors (Lipinski definition) is 0. The summed E-state index contributed by atoms with van der Waals surface area (Å²) in [5.41, 5.74) is 0. The molecule has 1 fully saturated rings. The molecule has 2 rings (SSSR count). The van der Waals surface area contributed by atoms with E-state index in [0.717, 1.165) is 12.8 Å². The van der Waals surface area contributed by atoms with Crippen molar-refractivity contribution < 1.29 is 9.53 Å². The summed E-state index contributed by atoms with van der Waals surface area (Å²) >= 11 is 0. The third kappa shape index (κ3) is 1.32. The van der Waals surface area contributed by atoms with Gasteiger partial charge in [0.05, 0.1) is 6.61 Å². The first kappa shape index (κ1) is 8.60. The minimum Gasteiger partial charge on any atom is -0.488 e. The fraction of sp³-hybridized carbons (Fsp3) is 0.700. The van der Waals surface area contributed by atoms with Gasteiger partial charge in [-0.1, -0.05) is 0 Å². The Morgan fingerprint density at radius 3 is 2.69 bits per heavy atom. The quantitative estimate of drug-likeness (QED) is 0.610. The molecule has 3 nitrogen and oxygen atoms in total. The van der Waals surface area contributed by atoms with Crippen LogP contribution in [0.1, 0.15) is 26.7 Å². The maximum atomic E-state index is 11.8. The average molecular weight is 181 g/mol. The molecule has 0 saturated carbocycles. The van der Waals surface area contributed by atoms with Crippen LogP contribution >= 0.6 is 0 Å². The molecule has 1 amide bonds. The van der Waals surface area contributed by atoms with Crippen LogP contribution in [0.25, 0.3) is 0 Å². The maximum Gasteiger partial charge on any atom is 0.289 e. The molecule has 72 valence electrons. The molecule has 1 saturated heterocycles. The van der Waals surface area contributed by atoms with Crippen molar-refractivity contribution in [3.8, 4) is 0 Å². The van der Waals surface area contributed by atoms with E-state index in [4.69, 9.17) is 4.74 Å². The van der Waals surface area contributed by atoms with Crippen molar-refractivity contribution in [3.05, 3.63) is 11.8 Å². The first-order valence-corrected chi connectivity index (χ1v) is 4.86. The monoisotopic (exact) mass is 181 g/mol. The van der Waals surface area contributed by atoms with E-state index in [1.807, 2.05) is 11.0 Å². The fourth-order valence-electron chi connectivity index (χ4n) is 2.11. The molecule has 0 aromatic carbocycles. The number of likely N-dealkylation sites (tertiary alicyclic amines) is 1. The molecular formula is C10H15NO2. The van der Waals surface area contributed by atoms with E-state index in [1.165, 1.54) is 0 Å². The molecule has 0 N–H and O–H groups in total. The van der Waals surface area contributed by atoms with Crippen molar-refractivity contribution in [2.75, 3.05) is 6.61 Å². The van der Waals surface area contributed by atoms with Crippen LogP contribution in [0.2, 0.25) is 0 Å². The second-order valence-corrected chi connectivity index (χ2v) is 3.85. The highest BCUT2D eigenvalue weighted by Crippen LogP contribution is 2.27. The Kier molecular flexibility index (Phi) is 2.02. The lowest BCUT2D eigenvalue weighted by molar-refractivity contribution is -0.141. The van der Waals surface area contributed by atoms with Crippen molar-refractivity contribution in [2.24, 2.45) is 0 Å². The second-order valence-electron chi connectivity index (χ2n) is 3.85. The lowest BCUT2D eigenvalue weighted by Gasteiger charge is -2.45. The van der Waals surface area contributed by atoms with Crippen LogP contribution in [0, 0.1) is 0 Å². The van der Waals surface area contributed by atoms with E-state index in [2.05, 4.69) is 13.8 Å². The average Bonchev–Trinajstić information content (AvgIpc) is 2.55. The Hall–Kier alpha value is -0.990. The predicted octanol–water partition coefficient (Wildman–Crippen LogP) is 1.30. The highest BCUT2D eigenvalue weighted by Gasteiger charge is 2.37. The summed E-state index contributed by atoms with van der Waals surface area (Å²) in [4.78, 5) is 13.7. The van der Waals surface area contributed by atoms with Crippen molar-refractivity contribution >= 4 is 5.91 Å². The Morgan fingerprint density at radius 1 is 1.54 bits per heavy atom. The number of carbonyl (C=O) groups excluding carboxylic acids is 1. The van der Waals surface area contributed by atoms with Gasteiger partial charge in [0.2, 0.25) is 0 Å². The van der Waals surface area contributed by atoms with E-state index in [9.17, 15) is 4.79 Å². The summed E-state index contributed by atoms with van der Waals surface area (Å²) in [6.45, 7) is 4.82. The molecule has 2 unspecified atom stereocenters. The van der Waals surface area contributed by atoms with E-state index < -0.39 is 0 Å². The zero-order chi connectivity index (χ0) is 9.42. The highest BCUT2D eigenvalue weighted by atomic mass is 16.5. The Balaban J connectivity index is 2.04. The van der Waals surface area contributed by atoms with Gasteiger partial charge in [0.1, 0.15) is 0 Å². The van der Waals surface area contributed by atoms with Gasteiger partial charge in [-0.25, -0.2) is 0 Å². The SMILES string of the molecule is CC1CC(C)N1C(=O)C1=CCCO1. The minimum absolute atomic E-state index is 0.0729. The molecule has 0 bridgehead atoms. The second kappa shape index (κ2) is 3.05. The van der Waals surface area contributed by atoms with Crippen molar-refractivity contribution in [3.63, 3.8) is 0 Å². The minimum atomic E-state index is 0.0729. The van der Waals surface area contributed by atoms with Gasteiger partial charge in [0, 0.05) is 18.5 Å². The van der Waals surface area contributed by atoms with Crippen LogP contribution in [-0.4, -0.2) is 29.5 Å². The summed E-state index contributed by atoms with van der Waals surface area (Å²) < 4.78 is 5.24. The zero-order valence-corrected chi connectivity index (χ0v) is 8.12. The third-order valence-electron chi connectivity index (χ3n) is 2.78. The van der Waals surface area contributed by atoms with E-state index in [-0.39, 0.29) is 5.91 Å². The topological polar surface area (TPSA) is 29.5 Å². The van der Waals surface area contributed by atoms with Gasteiger partial charge in [-0.15, -0.1) is 0 Å². The smallest absolute Gasteiger partial charge is 0.289 e. The number of ether oxygens (including phenoxy) is 1. The van der Waals surface area contributed by atoms with Gasteiger partial charge in [0.15, 0.2) is 5.76 Å². The number of rotatable bonds is 1. The molecule has 13 heavy (non-hydrogen) atoms. The highest BCUT2D eigenvalue weighted by molar-refractivity contribution is 5.92. The van der Waals surface area contributed by atoms with Gasteiger partial charge < -0.3 is 9.64 Å². The number of carbonyl (C=O) groups is 1. The molecule has 2 aliphatic rings. The molecule has 2 aliphatic heterocycles. The molecule has 0 spiro atoms. The lowest BCUT2D eigenvalue weighted by Crippen LogP contribution is -2.56. The zero-order valence-electron chi connectivity index (χ0n) is 8.12. The van der Waals surface area contributed by atoms with Gasteiger partial charge in [-0.3, -0.25) is 4.79 Å². The van der Waals surface area contributed by atoms with Crippen LogP contribution in [-0.2, 0) is 9.53 Å². The normalized spacial score (nSPS) is 32.2. The molecule has 0 aromatic rings. The molecule has 2 heterocycles. The lowest BCUT2D eigenvalue weighted by atomic mass is 9.95. The van der Waals surface area contributed by atoms with E-state index >= 15 is 0 Å². The first-order valence-electron chi connectivity index (χ1n) is 4.86. The van der Waals surface area contributed by atoms with Crippen LogP contribution in [0.15, 0.2) is 11.8 Å². The summed E-state index contributed by atoms with van der Waals surface area (Å²) in [6.07, 6.45) is 3.87. The fourth-order valence-corrected chi connectivity index (χ4v) is 2.11. The Morgan fingerprint density at radius 2 is 2.23 bits per heavy atom. The molecule has 3 heteroatoms. The van der Waals surface area contributed by atoms with Crippen molar-refractivity contribution in [1.82, 2.24) is 4.90 Å². The van der Waals surface area contributed by atoms with Crippen LogP contribution in [0.4, 0.5) is 0 Å². The molecule has 0 aliphatic carbocycles. The number of nitrogens with zero attached hydrogens (tertiary/aromatic N) is 1. The Bertz CT molecular complexity index is 252. The van der Waals surface area contributed by atoms with Crippen LogP contribution in [0.5, 0.6) is 0 Å². The van der Waals surface area contributed by atoms with Gasteiger partial charge in [0.25, 0.3) is 5.91 Å². The number of hydrogen-bond acceptors (Lipinski definition) is 2. The first-order chi connectivity index (χ1) is 6.20. The Labute approximate surface area is 78.4 Å². The van der Waals surface area contributed by atoms with E-state index in [0.29, 0.717) is 24.4 Å². The van der Waals surface area contributed by atoms with Gasteiger partial charge in [-0.05, 0) is 26.3 Å². The molecular weight excluding hydrogens is 166 g/mol. The largest absolute Gasteiger partial charge is 0.488 e. The summed E-state index contributed by atoms with van der Waals surface area (Å²) in [5.74, 6) is 0.627. The molecule has 0 aromatic heterocycles. The van der Waals surface area contributed by atoms with Crippen LogP contribution in [0.3, 0.4) is 0 Å². The summed E-state index contributed by atoms with van der Waals surface area (Å²) in [6, 6.07) is 0.764. The van der Waals surface area contributed by atoms with E-state index in [1.54, 1.807) is 0 Å². The maximum absolute atomic E-state index is 11.8. The third-order valence-corrected chi connectivity index (χ3v) is 2.78. The molecule has 0 radical (unpaired) electrons. The molecule has 2 atom stereocenters. The van der Waals surface area contributed by atoms with Gasteiger partial charge in [-0.2, -0.15) is 0 Å². The van der Waals surface area contributed by atoms with Gasteiger partial charge >= 0.3 is 0 Å². The van der Waals surface area contributed by atoms with Crippen molar-refractivity contribution in [2.45, 2.75) is 38.8 Å². The van der Waals surface area contributed by atoms with Crippen LogP contribution < -0.4 is 0 Å². The van der Waals surface area contributed by atoms with Crippen molar-refractivity contribution in [1.29, 1.82) is 0 Å². The standard InChI is InChI=1S/C10H15NO2/c1-7-6-8(2)11(7)10(12)9-4-3-5-13-9/h4,7-8H,3,5-6H2,1-2H3. The summed E-state index contributed by atoms with van der Waals surface area (Å²) in [5, 5.41) is 0.